The van der Waals surface area contributed by atoms with Gasteiger partial charge in [-0.1, -0.05) is 12.1 Å². The predicted molar refractivity (Wildman–Crippen MR) is 116 cm³/mol. The Morgan fingerprint density at radius 1 is 1.13 bits per heavy atom. The predicted octanol–water partition coefficient (Wildman–Crippen LogP) is 4.89. The average molecular weight is 445 g/mol. The summed E-state index contributed by atoms with van der Waals surface area (Å²) in [5.74, 6) is -1.20. The molecule has 31 heavy (non-hydrogen) atoms. The number of hydrogen-bond donors (Lipinski definition) is 1. The number of fused-ring (bicyclic) bond motifs is 1. The molecule has 1 N–H and O–H groups in total. The van der Waals surface area contributed by atoms with E-state index in [2.05, 4.69) is 16.2 Å². The van der Waals surface area contributed by atoms with Crippen molar-refractivity contribution in [3.63, 3.8) is 0 Å². The molecule has 0 saturated carbocycles. The summed E-state index contributed by atoms with van der Waals surface area (Å²) in [4.78, 5) is 16.2. The number of amidine groups is 2. The molecule has 2 aliphatic rings. The zero-order valence-corrected chi connectivity index (χ0v) is 17.9. The van der Waals surface area contributed by atoms with Crippen molar-refractivity contribution in [1.29, 1.82) is 5.41 Å². The maximum absolute atomic E-state index is 13.0. The molecule has 1 aromatic carbocycles. The summed E-state index contributed by atoms with van der Waals surface area (Å²) in [6.45, 7) is 7.82. The van der Waals surface area contributed by atoms with Crippen LogP contribution < -0.4 is 0 Å². The number of carbonyl (C=O) groups is 1. The third-order valence-electron chi connectivity index (χ3n) is 5.07. The van der Waals surface area contributed by atoms with Crippen LogP contribution >= 0.6 is 11.8 Å². The molecule has 0 spiro atoms. The quantitative estimate of drug-likeness (QED) is 0.669. The molecule has 3 heterocycles. The standard InChI is InChI=1S/C21H18F3N5OS/c1-10-5-6-11(2)16(7-10)28-12(3)8-14(13(28)4)9-15-17(25)29-20(26-18(15)30)31-19(27-29)21(22,23)24/h5-9,25H,1-4H3/b15-9+,25-17?. The first kappa shape index (κ1) is 21.1. The third-order valence-corrected chi connectivity index (χ3v) is 6.03. The van der Waals surface area contributed by atoms with E-state index < -0.39 is 23.0 Å². The summed E-state index contributed by atoms with van der Waals surface area (Å²) in [5.41, 5.74) is 5.50. The Morgan fingerprint density at radius 2 is 1.84 bits per heavy atom. The van der Waals surface area contributed by atoms with E-state index in [1.165, 1.54) is 6.08 Å². The van der Waals surface area contributed by atoms with Crippen LogP contribution in [-0.4, -0.2) is 37.7 Å². The fourth-order valence-corrected chi connectivity index (χ4v) is 4.29. The molecule has 0 bridgehead atoms. The maximum atomic E-state index is 13.0. The van der Waals surface area contributed by atoms with Gasteiger partial charge in [-0.15, -0.1) is 0 Å². The van der Waals surface area contributed by atoms with Crippen molar-refractivity contribution < 1.29 is 18.0 Å². The van der Waals surface area contributed by atoms with Crippen LogP contribution in [0.3, 0.4) is 0 Å². The molecule has 1 amide bonds. The normalized spacial score (nSPS) is 17.9. The summed E-state index contributed by atoms with van der Waals surface area (Å²) in [7, 11) is 0. The number of rotatable bonds is 2. The summed E-state index contributed by atoms with van der Waals surface area (Å²) in [5, 5.41) is 11.0. The second-order valence-corrected chi connectivity index (χ2v) is 8.33. The van der Waals surface area contributed by atoms with Gasteiger partial charge >= 0.3 is 6.18 Å². The molecule has 2 aromatic rings. The van der Waals surface area contributed by atoms with Crippen molar-refractivity contribution in [2.45, 2.75) is 33.9 Å². The van der Waals surface area contributed by atoms with Crippen molar-refractivity contribution in [1.82, 2.24) is 9.58 Å². The van der Waals surface area contributed by atoms with Gasteiger partial charge in [0.1, 0.15) is 0 Å². The summed E-state index contributed by atoms with van der Waals surface area (Å²) in [6, 6.07) is 7.98. The highest BCUT2D eigenvalue weighted by atomic mass is 32.2. The van der Waals surface area contributed by atoms with E-state index in [0.29, 0.717) is 5.56 Å². The highest BCUT2D eigenvalue weighted by molar-refractivity contribution is 8.27. The molecule has 0 aliphatic carbocycles. The number of aliphatic imine (C=N–C) groups is 1. The number of carbonyl (C=O) groups excluding carboxylic acids is 1. The topological polar surface area (TPSA) is 73.8 Å². The van der Waals surface area contributed by atoms with Gasteiger partial charge in [-0.2, -0.15) is 28.3 Å². The van der Waals surface area contributed by atoms with Crippen LogP contribution in [-0.2, 0) is 4.79 Å². The average Bonchev–Trinajstić information content (AvgIpc) is 3.22. The van der Waals surface area contributed by atoms with Gasteiger partial charge in [-0.05, 0) is 74.4 Å². The van der Waals surface area contributed by atoms with E-state index in [4.69, 9.17) is 5.41 Å². The van der Waals surface area contributed by atoms with Crippen LogP contribution in [0.5, 0.6) is 0 Å². The molecule has 2 aliphatic heterocycles. The maximum Gasteiger partial charge on any atom is 0.441 e. The van der Waals surface area contributed by atoms with Crippen molar-refractivity contribution in [2.75, 3.05) is 0 Å². The lowest BCUT2D eigenvalue weighted by molar-refractivity contribution is -0.114. The lowest BCUT2D eigenvalue weighted by Gasteiger charge is -2.20. The van der Waals surface area contributed by atoms with Gasteiger partial charge in [0.15, 0.2) is 5.84 Å². The minimum atomic E-state index is -4.67. The number of aromatic nitrogens is 1. The largest absolute Gasteiger partial charge is 0.441 e. The van der Waals surface area contributed by atoms with Crippen LogP contribution in [0.1, 0.15) is 28.1 Å². The smallest absolute Gasteiger partial charge is 0.318 e. The van der Waals surface area contributed by atoms with E-state index in [1.807, 2.05) is 50.5 Å². The first-order valence-electron chi connectivity index (χ1n) is 9.31. The van der Waals surface area contributed by atoms with Crippen molar-refractivity contribution in [2.24, 2.45) is 10.1 Å². The van der Waals surface area contributed by atoms with Gasteiger partial charge in [0.25, 0.3) is 5.91 Å². The number of halogens is 3. The second kappa shape index (κ2) is 7.23. The molecule has 4 rings (SSSR count). The Bertz CT molecular complexity index is 1240. The fourth-order valence-electron chi connectivity index (χ4n) is 3.53. The summed E-state index contributed by atoms with van der Waals surface area (Å²) >= 11 is 0.235. The minimum Gasteiger partial charge on any atom is -0.318 e. The monoisotopic (exact) mass is 445 g/mol. The number of alkyl halides is 3. The number of aryl methyl sites for hydroxylation is 3. The van der Waals surface area contributed by atoms with Gasteiger partial charge in [-0.25, -0.2) is 0 Å². The van der Waals surface area contributed by atoms with Gasteiger partial charge in [-0.3, -0.25) is 10.2 Å². The Kier molecular flexibility index (Phi) is 4.92. The van der Waals surface area contributed by atoms with Crippen molar-refractivity contribution in [3.8, 4) is 5.69 Å². The Balaban J connectivity index is 1.77. The van der Waals surface area contributed by atoms with Crippen LogP contribution in [0.25, 0.3) is 11.8 Å². The van der Waals surface area contributed by atoms with E-state index >= 15 is 0 Å². The Hall–Kier alpha value is -3.14. The van der Waals surface area contributed by atoms with Crippen LogP contribution in [0.15, 0.2) is 39.9 Å². The molecule has 1 aromatic heterocycles. The summed E-state index contributed by atoms with van der Waals surface area (Å²) < 4.78 is 41.0. The van der Waals surface area contributed by atoms with E-state index in [0.717, 1.165) is 33.2 Å². The molecule has 6 nitrogen and oxygen atoms in total. The van der Waals surface area contributed by atoms with Gasteiger partial charge in [0.05, 0.1) is 5.57 Å². The first-order valence-corrected chi connectivity index (χ1v) is 10.1. The molecule has 0 unspecified atom stereocenters. The number of amides is 1. The molecule has 0 fully saturated rings. The molecular formula is C21H18F3N5OS. The van der Waals surface area contributed by atoms with Crippen LogP contribution in [0.2, 0.25) is 0 Å². The molecule has 160 valence electrons. The van der Waals surface area contributed by atoms with Crippen molar-refractivity contribution in [3.05, 3.63) is 57.9 Å². The van der Waals surface area contributed by atoms with Crippen LogP contribution in [0.4, 0.5) is 13.2 Å². The Morgan fingerprint density at radius 3 is 2.52 bits per heavy atom. The lowest BCUT2D eigenvalue weighted by Crippen LogP contribution is -2.35. The molecule has 10 heteroatoms. The molecule has 0 radical (unpaired) electrons. The minimum absolute atomic E-state index is 0.113. The third kappa shape index (κ3) is 3.60. The van der Waals surface area contributed by atoms with Crippen molar-refractivity contribution >= 4 is 39.8 Å². The number of hydrogen-bond acceptors (Lipinski definition) is 4. The SMILES string of the molecule is Cc1ccc(C)c(-n2c(C)cc(/C=C3\C(=N)N4N=C(C(F)(F)F)SC4=NC3=O)c2C)c1. The first-order chi connectivity index (χ1) is 14.5. The van der Waals surface area contributed by atoms with E-state index in [-0.39, 0.29) is 22.5 Å². The summed E-state index contributed by atoms with van der Waals surface area (Å²) in [6.07, 6.45) is -3.19. The van der Waals surface area contributed by atoms with Crippen LogP contribution in [0, 0.1) is 33.1 Å². The highest BCUT2D eigenvalue weighted by Gasteiger charge is 2.46. The molecular weight excluding hydrogens is 427 g/mol. The number of thioether (sulfide) groups is 1. The Labute approximate surface area is 180 Å². The lowest BCUT2D eigenvalue weighted by atomic mass is 10.1. The van der Waals surface area contributed by atoms with Gasteiger partial charge in [0, 0.05) is 17.1 Å². The van der Waals surface area contributed by atoms with E-state index in [9.17, 15) is 18.0 Å². The van der Waals surface area contributed by atoms with Gasteiger partial charge < -0.3 is 4.57 Å². The number of hydrazone groups is 1. The second-order valence-electron chi connectivity index (χ2n) is 7.37. The van der Waals surface area contributed by atoms with Gasteiger partial charge in [0.2, 0.25) is 10.2 Å². The number of nitrogens with zero attached hydrogens (tertiary/aromatic N) is 4. The zero-order chi connectivity index (χ0) is 22.7. The number of benzene rings is 1. The van der Waals surface area contributed by atoms with E-state index in [1.54, 1.807) is 0 Å². The molecule has 0 saturated heterocycles. The molecule has 0 atom stereocenters. The fraction of sp³-hybridized carbons (Fsp3) is 0.238. The highest BCUT2D eigenvalue weighted by Crippen LogP contribution is 2.35. The zero-order valence-electron chi connectivity index (χ0n) is 17.1. The number of nitrogens with one attached hydrogen (secondary N) is 1.